The number of aliphatic hydroxyl groups excluding tert-OH is 3. The van der Waals surface area contributed by atoms with E-state index in [9.17, 15) is 49.5 Å². The average molecular weight is 921 g/mol. The highest BCUT2D eigenvalue weighted by Crippen LogP contribution is 2.75. The van der Waals surface area contributed by atoms with Gasteiger partial charge in [-0.3, -0.25) is 19.2 Å². The summed E-state index contributed by atoms with van der Waals surface area (Å²) in [6.07, 6.45) is 11.8. The molecule has 8 rings (SSSR count). The lowest BCUT2D eigenvalue weighted by atomic mass is 9.36. The van der Waals surface area contributed by atoms with Gasteiger partial charge in [-0.2, -0.15) is 0 Å². The van der Waals surface area contributed by atoms with Crippen LogP contribution in [0, 0.1) is 68.5 Å². The SMILES string of the molecule is CC(=O)OCC(=O)[C@@]1(O)CC[C@H]2[C@@H]3CCC4=CC(=O)CC[C@]4(C)[C@H]3[C@@H](O)C[C@@]21C.CC(=O)O[C@H]1C[C@@]2(C)[C@@H](C[C@@H](O)[C@H]3[C@@]4(C)CC[C@@H](O)[C@@H](C)[C@@H]4CC[C@@]32C)/C1=C(\CCC=C(C)C)C(=O)O. The van der Waals surface area contributed by atoms with E-state index in [0.29, 0.717) is 56.4 Å². The second-order valence-electron chi connectivity index (χ2n) is 23.8. The second-order valence-corrected chi connectivity index (χ2v) is 23.8. The number of carboxylic acid groups (broad SMARTS) is 1. The minimum atomic E-state index is -1.58. The molecule has 0 heterocycles. The molecule has 0 radical (unpaired) electrons. The summed E-state index contributed by atoms with van der Waals surface area (Å²) < 4.78 is 10.8. The highest BCUT2D eigenvalue weighted by Gasteiger charge is 2.72. The van der Waals surface area contributed by atoms with Crippen LogP contribution in [0.4, 0.5) is 0 Å². The third-order valence-corrected chi connectivity index (χ3v) is 20.5. The Bertz CT molecular complexity index is 2070. The van der Waals surface area contributed by atoms with Crippen molar-refractivity contribution < 1.29 is 59.0 Å². The van der Waals surface area contributed by atoms with Gasteiger partial charge in [0.2, 0.25) is 5.78 Å². The fourth-order valence-electron chi connectivity index (χ4n) is 17.2. The maximum atomic E-state index is 12.9. The Balaban J connectivity index is 0.000000202. The predicted molar refractivity (Wildman–Crippen MR) is 247 cm³/mol. The van der Waals surface area contributed by atoms with Gasteiger partial charge in [0.15, 0.2) is 12.4 Å². The number of ketones is 2. The molecule has 0 aliphatic heterocycles. The van der Waals surface area contributed by atoms with Gasteiger partial charge in [-0.1, -0.05) is 58.8 Å². The first-order valence-electron chi connectivity index (χ1n) is 25.1. The highest BCUT2D eigenvalue weighted by atomic mass is 16.5. The number of aliphatic hydroxyl groups is 4. The minimum absolute atomic E-state index is 0.0413. The normalized spacial score (nSPS) is 46.2. The molecule has 7 saturated carbocycles. The largest absolute Gasteiger partial charge is 0.478 e. The standard InChI is InChI=1S/C31H48O6.C23H32O6/c1-17(2)9-8-10-20(28(35)36)26-22-15-24(34)27-29(5)13-12-23(33)18(3)21(29)11-14-30(27,6)31(22,7)16-25(26)37-19(4)32;1-13(24)29-12-19(27)23(28)9-7-17-16-5-4-14-10-15(25)6-8-21(14,2)20(16)18(26)11-22(17,23)3/h9,18,21-25,27,33-34H,8,10-16H2,1-7H3,(H,35,36);10,16-18,20,26,28H,4-9,11-12H2,1-3H3/b26-20-;/t18-,21-,22-,23+,24+,25-,27-,29-,30-,31-;16-,17-,18-,20+,21-,22-,23-/m00/s1. The molecule has 0 aromatic carbocycles. The zero-order chi connectivity index (χ0) is 48.7. The molecule has 368 valence electrons. The van der Waals surface area contributed by atoms with E-state index in [4.69, 9.17) is 9.47 Å². The molecule has 5 N–H and O–H groups in total. The molecule has 0 aromatic heterocycles. The molecular formula is C54H80O12. The van der Waals surface area contributed by atoms with Crippen LogP contribution in [0.25, 0.3) is 0 Å². The summed E-state index contributed by atoms with van der Waals surface area (Å²) in [7, 11) is 0. The van der Waals surface area contributed by atoms with Crippen molar-refractivity contribution in [1.29, 1.82) is 0 Å². The summed E-state index contributed by atoms with van der Waals surface area (Å²) >= 11 is 0. The summed E-state index contributed by atoms with van der Waals surface area (Å²) in [4.78, 5) is 60.8. The van der Waals surface area contributed by atoms with Crippen molar-refractivity contribution in [2.24, 2.45) is 68.5 Å². The Morgan fingerprint density at radius 2 is 1.47 bits per heavy atom. The number of aliphatic carboxylic acids is 1. The summed E-state index contributed by atoms with van der Waals surface area (Å²) in [6, 6.07) is 0. The number of ether oxygens (including phenoxy) is 2. The molecule has 0 amide bonds. The smallest absolute Gasteiger partial charge is 0.331 e. The van der Waals surface area contributed by atoms with Gasteiger partial charge < -0.3 is 35.0 Å². The molecule has 17 atom stereocenters. The molecule has 8 aliphatic rings. The van der Waals surface area contributed by atoms with Gasteiger partial charge in [-0.05, 0) is 178 Å². The zero-order valence-electron chi connectivity index (χ0n) is 41.4. The molecular weight excluding hydrogens is 841 g/mol. The van der Waals surface area contributed by atoms with Crippen LogP contribution in [-0.4, -0.2) is 91.6 Å². The van der Waals surface area contributed by atoms with E-state index in [1.165, 1.54) is 13.8 Å². The van der Waals surface area contributed by atoms with E-state index in [1.807, 2.05) is 26.8 Å². The second kappa shape index (κ2) is 18.0. The summed E-state index contributed by atoms with van der Waals surface area (Å²) in [5.74, 6) is -1.37. The molecule has 12 heteroatoms. The Morgan fingerprint density at radius 1 is 0.788 bits per heavy atom. The van der Waals surface area contributed by atoms with Gasteiger partial charge in [-0.25, -0.2) is 4.79 Å². The number of Topliss-reactive ketones (excluding diaryl/α,β-unsaturated/α-hetero) is 1. The first-order valence-corrected chi connectivity index (χ1v) is 25.1. The number of carbonyl (C=O) groups is 5. The van der Waals surface area contributed by atoms with Crippen molar-refractivity contribution in [2.75, 3.05) is 6.61 Å². The monoisotopic (exact) mass is 921 g/mol. The Hall–Kier alpha value is -3.19. The Labute approximate surface area is 392 Å². The van der Waals surface area contributed by atoms with Crippen LogP contribution >= 0.6 is 0 Å². The first kappa shape index (κ1) is 50.7. The third-order valence-electron chi connectivity index (χ3n) is 20.5. The lowest BCUT2D eigenvalue weighted by molar-refractivity contribution is -0.234. The number of carboxylic acids is 1. The van der Waals surface area contributed by atoms with Crippen molar-refractivity contribution in [3.05, 3.63) is 34.4 Å². The Kier molecular flexibility index (Phi) is 13.8. The molecule has 7 fully saturated rings. The van der Waals surface area contributed by atoms with Crippen molar-refractivity contribution in [3.63, 3.8) is 0 Å². The molecule has 12 nitrogen and oxygen atoms in total. The molecule has 0 unspecified atom stereocenters. The van der Waals surface area contributed by atoms with Crippen LogP contribution in [0.3, 0.4) is 0 Å². The van der Waals surface area contributed by atoms with Crippen molar-refractivity contribution in [3.8, 4) is 0 Å². The van der Waals surface area contributed by atoms with Crippen molar-refractivity contribution in [1.82, 2.24) is 0 Å². The van der Waals surface area contributed by atoms with Crippen LogP contribution in [0.5, 0.6) is 0 Å². The first-order chi connectivity index (χ1) is 30.7. The molecule has 0 saturated heterocycles. The van der Waals surface area contributed by atoms with E-state index in [2.05, 4.69) is 34.6 Å². The quantitative estimate of drug-likeness (QED) is 0.0892. The van der Waals surface area contributed by atoms with Gasteiger partial charge in [0.1, 0.15) is 11.7 Å². The van der Waals surface area contributed by atoms with Gasteiger partial charge in [-0.15, -0.1) is 0 Å². The number of carbonyl (C=O) groups excluding carboxylic acids is 4. The van der Waals surface area contributed by atoms with Gasteiger partial charge in [0.05, 0.1) is 18.3 Å². The minimum Gasteiger partial charge on any atom is -0.478 e. The summed E-state index contributed by atoms with van der Waals surface area (Å²) in [5, 5.41) is 55.6. The number of rotatable bonds is 8. The summed E-state index contributed by atoms with van der Waals surface area (Å²) in [5.41, 5.74) is 0.211. The van der Waals surface area contributed by atoms with Gasteiger partial charge in [0, 0.05) is 31.3 Å². The van der Waals surface area contributed by atoms with Gasteiger partial charge >= 0.3 is 17.9 Å². The average Bonchev–Trinajstić information content (AvgIpc) is 3.65. The molecule has 0 bridgehead atoms. The van der Waals surface area contributed by atoms with Crippen LogP contribution in [0.2, 0.25) is 0 Å². The molecule has 0 spiro atoms. The van der Waals surface area contributed by atoms with E-state index in [-0.39, 0.29) is 69.1 Å². The predicted octanol–water partition coefficient (Wildman–Crippen LogP) is 8.02. The molecule has 8 aliphatic carbocycles. The van der Waals surface area contributed by atoms with Gasteiger partial charge in [0.25, 0.3) is 0 Å². The van der Waals surface area contributed by atoms with Crippen molar-refractivity contribution >= 4 is 29.5 Å². The topological polar surface area (TPSA) is 205 Å². The number of esters is 2. The maximum absolute atomic E-state index is 12.9. The van der Waals surface area contributed by atoms with Crippen LogP contribution in [0.1, 0.15) is 166 Å². The number of hydrogen-bond donors (Lipinski definition) is 5. The third kappa shape index (κ3) is 8.01. The molecule has 0 aromatic rings. The van der Waals surface area contributed by atoms with Crippen LogP contribution in [-0.2, 0) is 33.4 Å². The lowest BCUT2D eigenvalue weighted by Gasteiger charge is -2.69. The van der Waals surface area contributed by atoms with E-state index in [0.717, 1.165) is 68.1 Å². The number of hydrogen-bond acceptors (Lipinski definition) is 11. The van der Waals surface area contributed by atoms with Crippen molar-refractivity contribution in [2.45, 2.75) is 196 Å². The summed E-state index contributed by atoms with van der Waals surface area (Å²) in [6.45, 7) is 19.4. The van der Waals surface area contributed by atoms with Crippen LogP contribution in [0.15, 0.2) is 34.4 Å². The maximum Gasteiger partial charge on any atom is 0.331 e. The van der Waals surface area contributed by atoms with E-state index in [1.54, 1.807) is 6.08 Å². The van der Waals surface area contributed by atoms with E-state index >= 15 is 0 Å². The number of allylic oxidation sites excluding steroid dienone is 3. The highest BCUT2D eigenvalue weighted by molar-refractivity contribution is 5.92. The fourth-order valence-corrected chi connectivity index (χ4v) is 17.2. The fraction of sp³-hybridized carbons (Fsp3) is 0.796. The molecule has 66 heavy (non-hydrogen) atoms. The zero-order valence-corrected chi connectivity index (χ0v) is 41.4. The van der Waals surface area contributed by atoms with E-state index < -0.39 is 59.6 Å². The lowest BCUT2D eigenvalue weighted by Crippen LogP contribution is -2.65. The Morgan fingerprint density at radius 3 is 2.11 bits per heavy atom. The number of fused-ring (bicyclic) bond motifs is 10. The van der Waals surface area contributed by atoms with Crippen LogP contribution < -0.4 is 0 Å².